The summed E-state index contributed by atoms with van der Waals surface area (Å²) in [4.78, 5) is 17.9. The van der Waals surface area contributed by atoms with Crippen LogP contribution < -0.4 is 0 Å². The van der Waals surface area contributed by atoms with Crippen LogP contribution >= 0.6 is 11.6 Å². The van der Waals surface area contributed by atoms with Crippen molar-refractivity contribution < 1.29 is 4.79 Å². The number of rotatable bonds is 6. The Balaban J connectivity index is 1.76. The van der Waals surface area contributed by atoms with Crippen LogP contribution in [0.5, 0.6) is 0 Å². The second kappa shape index (κ2) is 6.99. The lowest BCUT2D eigenvalue weighted by Crippen LogP contribution is -2.29. The molecule has 118 valence electrons. The van der Waals surface area contributed by atoms with Crippen molar-refractivity contribution in [2.75, 3.05) is 13.1 Å². The van der Waals surface area contributed by atoms with E-state index in [1.54, 1.807) is 6.20 Å². The first-order valence-electron chi connectivity index (χ1n) is 7.74. The molecule has 1 heterocycles. The van der Waals surface area contributed by atoms with Gasteiger partial charge >= 0.3 is 0 Å². The molecule has 2 aromatic carbocycles. The first kappa shape index (κ1) is 15.8. The summed E-state index contributed by atoms with van der Waals surface area (Å²) in [7, 11) is 0. The molecule has 3 rings (SSSR count). The molecular formula is C19H19ClN2O. The zero-order valence-electron chi connectivity index (χ0n) is 13.1. The van der Waals surface area contributed by atoms with Gasteiger partial charge in [0.15, 0.2) is 5.78 Å². The van der Waals surface area contributed by atoms with Crippen LogP contribution in [0.25, 0.3) is 10.9 Å². The summed E-state index contributed by atoms with van der Waals surface area (Å²) in [5.41, 5.74) is 2.78. The first-order chi connectivity index (χ1) is 11.2. The van der Waals surface area contributed by atoms with Gasteiger partial charge < -0.3 is 4.98 Å². The topological polar surface area (TPSA) is 36.1 Å². The fourth-order valence-corrected chi connectivity index (χ4v) is 2.93. The summed E-state index contributed by atoms with van der Waals surface area (Å²) in [6.07, 6.45) is 1.80. The summed E-state index contributed by atoms with van der Waals surface area (Å²) in [6.45, 7) is 3.90. The highest BCUT2D eigenvalue weighted by Gasteiger charge is 2.16. The van der Waals surface area contributed by atoms with Crippen LogP contribution in [0.4, 0.5) is 0 Å². The Morgan fingerprint density at radius 3 is 2.65 bits per heavy atom. The average molecular weight is 327 g/mol. The highest BCUT2D eigenvalue weighted by Crippen LogP contribution is 2.20. The van der Waals surface area contributed by atoms with Gasteiger partial charge in [-0.15, -0.1) is 0 Å². The number of nitrogens with one attached hydrogen (secondary N) is 1. The van der Waals surface area contributed by atoms with E-state index in [-0.39, 0.29) is 5.78 Å². The Hall–Kier alpha value is -2.10. The smallest absolute Gasteiger partial charge is 0.178 e. The van der Waals surface area contributed by atoms with E-state index >= 15 is 0 Å². The number of H-pyrrole nitrogens is 1. The van der Waals surface area contributed by atoms with Crippen LogP contribution in [0.1, 0.15) is 22.8 Å². The number of likely N-dealkylation sites (N-methyl/N-ethyl adjacent to an activating group) is 1. The fourth-order valence-electron chi connectivity index (χ4n) is 2.74. The Morgan fingerprint density at radius 1 is 1.13 bits per heavy atom. The Morgan fingerprint density at radius 2 is 1.87 bits per heavy atom. The first-order valence-corrected chi connectivity index (χ1v) is 8.12. The van der Waals surface area contributed by atoms with Crippen molar-refractivity contribution in [1.82, 2.24) is 9.88 Å². The van der Waals surface area contributed by atoms with Crippen molar-refractivity contribution >= 4 is 28.3 Å². The lowest BCUT2D eigenvalue weighted by Gasteiger charge is -2.20. The number of aromatic amines is 1. The molecule has 0 saturated carbocycles. The highest BCUT2D eigenvalue weighted by molar-refractivity contribution is 6.31. The predicted molar refractivity (Wildman–Crippen MR) is 95.0 cm³/mol. The fraction of sp³-hybridized carbons (Fsp3) is 0.211. The van der Waals surface area contributed by atoms with E-state index < -0.39 is 0 Å². The van der Waals surface area contributed by atoms with Crippen molar-refractivity contribution in [3.05, 3.63) is 70.9 Å². The zero-order valence-corrected chi connectivity index (χ0v) is 13.8. The molecule has 0 radical (unpaired) electrons. The van der Waals surface area contributed by atoms with E-state index in [0.29, 0.717) is 13.1 Å². The molecule has 0 aliphatic heterocycles. The van der Waals surface area contributed by atoms with Crippen molar-refractivity contribution in [3.63, 3.8) is 0 Å². The molecule has 0 aliphatic carbocycles. The number of carbonyl (C=O) groups excluding carboxylic acids is 1. The SMILES string of the molecule is CCN(CC(=O)c1c[nH]c2ccccc12)Cc1ccccc1Cl. The van der Waals surface area contributed by atoms with Crippen molar-refractivity contribution in [1.29, 1.82) is 0 Å². The molecule has 0 spiro atoms. The second-order valence-electron chi connectivity index (χ2n) is 5.57. The third kappa shape index (κ3) is 3.46. The predicted octanol–water partition coefficient (Wildman–Crippen LogP) is 4.53. The number of carbonyl (C=O) groups is 1. The van der Waals surface area contributed by atoms with E-state index in [1.807, 2.05) is 48.5 Å². The minimum Gasteiger partial charge on any atom is -0.360 e. The van der Waals surface area contributed by atoms with Crippen LogP contribution in [0.15, 0.2) is 54.7 Å². The number of hydrogen-bond acceptors (Lipinski definition) is 2. The van der Waals surface area contributed by atoms with Gasteiger partial charge in [-0.05, 0) is 24.2 Å². The molecule has 0 amide bonds. The minimum absolute atomic E-state index is 0.122. The third-order valence-electron chi connectivity index (χ3n) is 4.06. The molecule has 0 atom stereocenters. The summed E-state index contributed by atoms with van der Waals surface area (Å²) in [5.74, 6) is 0.122. The number of nitrogens with zero attached hydrogens (tertiary/aromatic N) is 1. The molecule has 0 unspecified atom stereocenters. The lowest BCUT2D eigenvalue weighted by molar-refractivity contribution is 0.0931. The van der Waals surface area contributed by atoms with Gasteiger partial charge in [0.2, 0.25) is 0 Å². The van der Waals surface area contributed by atoms with Gasteiger partial charge in [0.05, 0.1) is 6.54 Å². The Labute approximate surface area is 140 Å². The normalized spacial score (nSPS) is 11.3. The molecule has 3 nitrogen and oxygen atoms in total. The number of benzene rings is 2. The van der Waals surface area contributed by atoms with Crippen LogP contribution in [0.3, 0.4) is 0 Å². The van der Waals surface area contributed by atoms with Gasteiger partial charge in [0, 0.05) is 34.2 Å². The number of aromatic nitrogens is 1. The van der Waals surface area contributed by atoms with Gasteiger partial charge in [-0.25, -0.2) is 0 Å². The molecule has 0 fully saturated rings. The van der Waals surface area contributed by atoms with Gasteiger partial charge in [0.1, 0.15) is 0 Å². The largest absolute Gasteiger partial charge is 0.360 e. The maximum absolute atomic E-state index is 12.7. The van der Waals surface area contributed by atoms with Gasteiger partial charge in [-0.2, -0.15) is 0 Å². The van der Waals surface area contributed by atoms with Crippen molar-refractivity contribution in [2.45, 2.75) is 13.5 Å². The third-order valence-corrected chi connectivity index (χ3v) is 4.42. The summed E-state index contributed by atoms with van der Waals surface area (Å²) < 4.78 is 0. The Bertz CT molecular complexity index is 825. The van der Waals surface area contributed by atoms with Crippen LogP contribution in [-0.4, -0.2) is 28.8 Å². The molecule has 0 aliphatic rings. The van der Waals surface area contributed by atoms with E-state index in [2.05, 4.69) is 16.8 Å². The summed E-state index contributed by atoms with van der Waals surface area (Å²) >= 11 is 6.22. The molecule has 0 bridgehead atoms. The standard InChI is InChI=1S/C19H19ClN2O/c1-2-22(12-14-7-3-5-9-17(14)20)13-19(23)16-11-21-18-10-6-4-8-15(16)18/h3-11,21H,2,12-13H2,1H3. The van der Waals surface area contributed by atoms with Gasteiger partial charge in [-0.3, -0.25) is 9.69 Å². The molecule has 1 aromatic heterocycles. The molecule has 0 saturated heterocycles. The number of halogens is 1. The number of Topliss-reactive ketones (excluding diaryl/α,β-unsaturated/α-hetero) is 1. The number of ketones is 1. The molecular weight excluding hydrogens is 308 g/mol. The van der Waals surface area contributed by atoms with Crippen molar-refractivity contribution in [3.8, 4) is 0 Å². The minimum atomic E-state index is 0.122. The van der Waals surface area contributed by atoms with Crippen LogP contribution in [-0.2, 0) is 6.54 Å². The maximum atomic E-state index is 12.7. The summed E-state index contributed by atoms with van der Waals surface area (Å²) in [5, 5.41) is 1.72. The zero-order chi connectivity index (χ0) is 16.2. The average Bonchev–Trinajstić information content (AvgIpc) is 3.00. The summed E-state index contributed by atoms with van der Waals surface area (Å²) in [6, 6.07) is 15.6. The quantitative estimate of drug-likeness (QED) is 0.676. The maximum Gasteiger partial charge on any atom is 0.178 e. The second-order valence-corrected chi connectivity index (χ2v) is 5.97. The van der Waals surface area contributed by atoms with E-state index in [4.69, 9.17) is 11.6 Å². The van der Waals surface area contributed by atoms with Gasteiger partial charge in [-0.1, -0.05) is 54.9 Å². The van der Waals surface area contributed by atoms with Crippen molar-refractivity contribution in [2.24, 2.45) is 0 Å². The van der Waals surface area contributed by atoms with E-state index in [0.717, 1.165) is 33.6 Å². The molecule has 3 aromatic rings. The number of para-hydroxylation sites is 1. The molecule has 1 N–H and O–H groups in total. The van der Waals surface area contributed by atoms with Crippen LogP contribution in [0, 0.1) is 0 Å². The number of fused-ring (bicyclic) bond motifs is 1. The van der Waals surface area contributed by atoms with E-state index in [9.17, 15) is 4.79 Å². The molecule has 23 heavy (non-hydrogen) atoms. The molecule has 4 heteroatoms. The van der Waals surface area contributed by atoms with E-state index in [1.165, 1.54) is 0 Å². The Kier molecular flexibility index (Phi) is 4.79. The lowest BCUT2D eigenvalue weighted by atomic mass is 10.1. The number of hydrogen-bond donors (Lipinski definition) is 1. The van der Waals surface area contributed by atoms with Crippen LogP contribution in [0.2, 0.25) is 5.02 Å². The van der Waals surface area contributed by atoms with Gasteiger partial charge in [0.25, 0.3) is 0 Å². The monoisotopic (exact) mass is 326 g/mol. The highest BCUT2D eigenvalue weighted by atomic mass is 35.5.